The van der Waals surface area contributed by atoms with E-state index in [-0.39, 0.29) is 11.3 Å². The first-order valence-corrected chi connectivity index (χ1v) is 10.2. The Balaban J connectivity index is 1.89. The van der Waals surface area contributed by atoms with E-state index in [1.165, 1.54) is 31.5 Å². The highest BCUT2D eigenvalue weighted by molar-refractivity contribution is 9.10. The molecule has 1 N–H and O–H groups in total. The average molecular weight is 538 g/mol. The van der Waals surface area contributed by atoms with E-state index in [4.69, 9.17) is 9.47 Å². The van der Waals surface area contributed by atoms with Crippen molar-refractivity contribution in [1.29, 1.82) is 0 Å². The fraction of sp³-hybridized carbons (Fsp3) is 0.0909. The van der Waals surface area contributed by atoms with Gasteiger partial charge in [0.1, 0.15) is 11.5 Å². The molecule has 0 saturated heterocycles. The molecular weight excluding hydrogens is 523 g/mol. The van der Waals surface area contributed by atoms with Crippen LogP contribution in [0, 0.1) is 10.1 Å². The maximum absolute atomic E-state index is 13.0. The van der Waals surface area contributed by atoms with Gasteiger partial charge in [-0.1, -0.05) is 22.0 Å². The molecule has 0 aliphatic heterocycles. The summed E-state index contributed by atoms with van der Waals surface area (Å²) in [7, 11) is 1.41. The largest absolute Gasteiger partial charge is 0.497 e. The molecule has 0 fully saturated rings. The number of nitrogens with one attached hydrogen (secondary N) is 1. The third kappa shape index (κ3) is 6.10. The fourth-order valence-electron chi connectivity index (χ4n) is 2.74. The van der Waals surface area contributed by atoms with Crippen LogP contribution >= 0.6 is 15.9 Å². The van der Waals surface area contributed by atoms with Crippen LogP contribution in [-0.2, 0) is 6.18 Å². The van der Waals surface area contributed by atoms with Crippen LogP contribution in [0.1, 0.15) is 21.5 Å². The molecule has 0 saturated carbocycles. The summed E-state index contributed by atoms with van der Waals surface area (Å²) < 4.78 is 50.3. The van der Waals surface area contributed by atoms with Crippen molar-refractivity contribution in [2.24, 2.45) is 5.10 Å². The number of hydrogen-bond acceptors (Lipinski definition) is 6. The molecule has 12 heteroatoms. The molecular formula is C22H15BrF3N3O5. The zero-order chi connectivity index (χ0) is 24.9. The van der Waals surface area contributed by atoms with Crippen molar-refractivity contribution in [1.82, 2.24) is 5.43 Å². The van der Waals surface area contributed by atoms with Crippen molar-refractivity contribution in [2.75, 3.05) is 7.11 Å². The molecule has 3 rings (SSSR count). The second kappa shape index (κ2) is 10.3. The summed E-state index contributed by atoms with van der Waals surface area (Å²) in [4.78, 5) is 22.6. The number of halogens is 4. The number of alkyl halides is 3. The Morgan fingerprint density at radius 2 is 1.85 bits per heavy atom. The lowest BCUT2D eigenvalue weighted by Gasteiger charge is -2.12. The monoisotopic (exact) mass is 537 g/mol. The molecule has 0 spiro atoms. The second-order valence-electron chi connectivity index (χ2n) is 6.65. The van der Waals surface area contributed by atoms with E-state index < -0.39 is 34.0 Å². The Bertz CT molecular complexity index is 1260. The number of carbonyl (C=O) groups is 1. The van der Waals surface area contributed by atoms with Crippen LogP contribution in [0.2, 0.25) is 0 Å². The topological polar surface area (TPSA) is 103 Å². The Labute approximate surface area is 199 Å². The van der Waals surface area contributed by atoms with Gasteiger partial charge in [0.25, 0.3) is 5.91 Å². The molecule has 0 radical (unpaired) electrons. The summed E-state index contributed by atoms with van der Waals surface area (Å²) in [6.07, 6.45) is -3.54. The van der Waals surface area contributed by atoms with Gasteiger partial charge in [-0.3, -0.25) is 14.9 Å². The molecule has 0 aromatic heterocycles. The number of nitro benzene ring substituents is 1. The predicted molar refractivity (Wildman–Crippen MR) is 120 cm³/mol. The van der Waals surface area contributed by atoms with Crippen molar-refractivity contribution >= 4 is 33.7 Å². The zero-order valence-electron chi connectivity index (χ0n) is 17.3. The summed E-state index contributed by atoms with van der Waals surface area (Å²) in [5, 5.41) is 15.2. The number of carbonyl (C=O) groups excluding carboxylic acids is 1. The first-order valence-electron chi connectivity index (χ1n) is 9.39. The average Bonchev–Trinajstić information content (AvgIpc) is 2.79. The van der Waals surface area contributed by atoms with E-state index in [2.05, 4.69) is 26.5 Å². The van der Waals surface area contributed by atoms with E-state index in [1.807, 2.05) is 0 Å². The van der Waals surface area contributed by atoms with E-state index in [0.717, 1.165) is 6.07 Å². The number of ether oxygens (including phenoxy) is 2. The third-order valence-corrected chi connectivity index (χ3v) is 4.87. The first kappa shape index (κ1) is 24.7. The number of nitrogens with zero attached hydrogens (tertiary/aromatic N) is 2. The summed E-state index contributed by atoms with van der Waals surface area (Å²) in [5.74, 6) is -0.490. The van der Waals surface area contributed by atoms with Crippen molar-refractivity contribution in [3.05, 3.63) is 91.9 Å². The second-order valence-corrected chi connectivity index (χ2v) is 7.57. The molecule has 1 amide bonds. The molecule has 0 heterocycles. The van der Waals surface area contributed by atoms with Crippen LogP contribution < -0.4 is 14.9 Å². The molecule has 0 aliphatic carbocycles. The van der Waals surface area contributed by atoms with Crippen LogP contribution in [0.4, 0.5) is 18.9 Å². The zero-order valence-corrected chi connectivity index (χ0v) is 18.9. The van der Waals surface area contributed by atoms with Crippen molar-refractivity contribution < 1.29 is 32.4 Å². The summed E-state index contributed by atoms with van der Waals surface area (Å²) in [6, 6.07) is 12.9. The van der Waals surface area contributed by atoms with Crippen LogP contribution in [0.15, 0.2) is 70.2 Å². The van der Waals surface area contributed by atoms with Gasteiger partial charge in [-0.2, -0.15) is 18.3 Å². The van der Waals surface area contributed by atoms with Crippen LogP contribution in [0.25, 0.3) is 0 Å². The predicted octanol–water partition coefficient (Wildman–Crippen LogP) is 5.94. The van der Waals surface area contributed by atoms with Crippen LogP contribution in [0.5, 0.6) is 17.2 Å². The summed E-state index contributed by atoms with van der Waals surface area (Å²) in [5.41, 5.74) is 0.871. The lowest BCUT2D eigenvalue weighted by atomic mass is 10.1. The van der Waals surface area contributed by atoms with Gasteiger partial charge in [0, 0.05) is 21.7 Å². The van der Waals surface area contributed by atoms with Gasteiger partial charge in [0.2, 0.25) is 5.75 Å². The van der Waals surface area contributed by atoms with Crippen molar-refractivity contribution in [3.63, 3.8) is 0 Å². The summed E-state index contributed by atoms with van der Waals surface area (Å²) in [6.45, 7) is 0. The van der Waals surface area contributed by atoms with Crippen LogP contribution in [-0.4, -0.2) is 24.2 Å². The number of nitro groups is 1. The lowest BCUT2D eigenvalue weighted by Crippen LogP contribution is -2.17. The molecule has 0 bridgehead atoms. The molecule has 0 atom stereocenters. The van der Waals surface area contributed by atoms with Crippen molar-refractivity contribution in [2.45, 2.75) is 6.18 Å². The third-order valence-electron chi connectivity index (χ3n) is 4.38. The fourth-order valence-corrected chi connectivity index (χ4v) is 3.14. The van der Waals surface area contributed by atoms with E-state index in [9.17, 15) is 28.1 Å². The van der Waals surface area contributed by atoms with E-state index >= 15 is 0 Å². The number of benzene rings is 3. The minimum absolute atomic E-state index is 0.0316. The Kier molecular flexibility index (Phi) is 7.51. The molecule has 0 unspecified atom stereocenters. The number of hydrogen-bond donors (Lipinski definition) is 1. The van der Waals surface area contributed by atoms with Gasteiger partial charge in [-0.25, -0.2) is 5.43 Å². The van der Waals surface area contributed by atoms with Gasteiger partial charge >= 0.3 is 11.9 Å². The van der Waals surface area contributed by atoms with Gasteiger partial charge in [-0.15, -0.1) is 0 Å². The van der Waals surface area contributed by atoms with Crippen LogP contribution in [0.3, 0.4) is 0 Å². The highest BCUT2D eigenvalue weighted by atomic mass is 79.9. The highest BCUT2D eigenvalue weighted by Crippen LogP contribution is 2.38. The van der Waals surface area contributed by atoms with Gasteiger partial charge in [0.15, 0.2) is 0 Å². The van der Waals surface area contributed by atoms with Gasteiger partial charge in [-0.05, 0) is 48.5 Å². The van der Waals surface area contributed by atoms with E-state index in [1.54, 1.807) is 24.3 Å². The number of rotatable bonds is 7. The SMILES string of the molecule is COc1ccc(Oc2ccc(C(F)(F)F)cc2[N+](=O)[O-])c(/C=N\NC(=O)c2cccc(Br)c2)c1. The lowest BCUT2D eigenvalue weighted by molar-refractivity contribution is -0.385. The van der Waals surface area contributed by atoms with Crippen molar-refractivity contribution in [3.8, 4) is 17.2 Å². The smallest absolute Gasteiger partial charge is 0.416 e. The maximum Gasteiger partial charge on any atom is 0.416 e. The molecule has 176 valence electrons. The molecule has 3 aromatic rings. The minimum atomic E-state index is -4.76. The Morgan fingerprint density at radius 3 is 2.50 bits per heavy atom. The normalized spacial score (nSPS) is 11.3. The first-order chi connectivity index (χ1) is 16.1. The quantitative estimate of drug-likeness (QED) is 0.228. The Hall–Kier alpha value is -3.93. The molecule has 0 aliphatic rings. The number of methoxy groups -OCH3 is 1. The highest BCUT2D eigenvalue weighted by Gasteiger charge is 2.33. The minimum Gasteiger partial charge on any atom is -0.497 e. The van der Waals surface area contributed by atoms with E-state index in [0.29, 0.717) is 27.9 Å². The number of hydrazone groups is 1. The maximum atomic E-state index is 13.0. The van der Waals surface area contributed by atoms with Gasteiger partial charge < -0.3 is 9.47 Å². The van der Waals surface area contributed by atoms with Gasteiger partial charge in [0.05, 0.1) is 23.8 Å². The molecule has 8 nitrogen and oxygen atoms in total. The summed E-state index contributed by atoms with van der Waals surface area (Å²) >= 11 is 3.26. The Morgan fingerprint density at radius 1 is 1.12 bits per heavy atom. The standard InChI is InChI=1S/C22H15BrF3N3O5/c1-33-17-6-8-19(34-20-7-5-15(22(24,25)26)11-18(20)29(31)32)14(10-17)12-27-28-21(30)13-3-2-4-16(23)9-13/h2-12H,1H3,(H,28,30)/b27-12-. The number of amides is 1. The molecule has 3 aromatic carbocycles. The molecule has 34 heavy (non-hydrogen) atoms.